The van der Waals surface area contributed by atoms with E-state index in [2.05, 4.69) is 0 Å². The van der Waals surface area contributed by atoms with Gasteiger partial charge in [0.25, 0.3) is 6.47 Å². The number of rotatable bonds is 3. The van der Waals surface area contributed by atoms with Gasteiger partial charge in [0.05, 0.1) is 5.92 Å². The Morgan fingerprint density at radius 2 is 2.00 bits per heavy atom. The highest BCUT2D eigenvalue weighted by atomic mass is 16.5. The lowest BCUT2D eigenvalue weighted by atomic mass is 9.66. The van der Waals surface area contributed by atoms with Crippen LogP contribution in [0.5, 0.6) is 0 Å². The van der Waals surface area contributed by atoms with Crippen LogP contribution in [0.3, 0.4) is 0 Å². The molecule has 2 aliphatic carbocycles. The second-order valence-electron chi connectivity index (χ2n) is 5.25. The summed E-state index contributed by atoms with van der Waals surface area (Å²) in [7, 11) is 0. The van der Waals surface area contributed by atoms with Crippen molar-refractivity contribution in [3.05, 3.63) is 0 Å². The van der Waals surface area contributed by atoms with Gasteiger partial charge < -0.3 is 4.74 Å². The Morgan fingerprint density at radius 3 is 2.69 bits per heavy atom. The molecule has 0 radical (unpaired) electrons. The molecule has 2 aliphatic rings. The molecule has 2 rings (SSSR count). The second-order valence-corrected chi connectivity index (χ2v) is 5.25. The van der Waals surface area contributed by atoms with Gasteiger partial charge in [0.2, 0.25) is 0 Å². The number of fused-ring (bicyclic) bond motifs is 1. The van der Waals surface area contributed by atoms with Crippen LogP contribution in [0.4, 0.5) is 0 Å². The van der Waals surface area contributed by atoms with E-state index in [1.807, 2.05) is 6.92 Å². The van der Waals surface area contributed by atoms with Gasteiger partial charge in [-0.2, -0.15) is 0 Å². The SMILES string of the molecule is CC(OC=O)C1CC2CCCCC2CC1=O. The Hall–Kier alpha value is -0.860. The van der Waals surface area contributed by atoms with Crippen molar-refractivity contribution in [2.24, 2.45) is 17.8 Å². The van der Waals surface area contributed by atoms with Gasteiger partial charge in [-0.3, -0.25) is 9.59 Å². The largest absolute Gasteiger partial charge is 0.464 e. The van der Waals surface area contributed by atoms with Gasteiger partial charge in [-0.05, 0) is 31.6 Å². The summed E-state index contributed by atoms with van der Waals surface area (Å²) in [5.74, 6) is 1.55. The van der Waals surface area contributed by atoms with Gasteiger partial charge in [-0.15, -0.1) is 0 Å². The lowest BCUT2D eigenvalue weighted by molar-refractivity contribution is -0.143. The van der Waals surface area contributed by atoms with Crippen LogP contribution < -0.4 is 0 Å². The highest BCUT2D eigenvalue weighted by molar-refractivity contribution is 5.82. The van der Waals surface area contributed by atoms with Crippen molar-refractivity contribution in [1.29, 1.82) is 0 Å². The van der Waals surface area contributed by atoms with Crippen LogP contribution in [-0.2, 0) is 14.3 Å². The van der Waals surface area contributed by atoms with E-state index in [1.165, 1.54) is 25.7 Å². The topological polar surface area (TPSA) is 43.4 Å². The summed E-state index contributed by atoms with van der Waals surface area (Å²) >= 11 is 0. The molecule has 0 aliphatic heterocycles. The smallest absolute Gasteiger partial charge is 0.293 e. The normalized spacial score (nSPS) is 36.3. The van der Waals surface area contributed by atoms with Crippen LogP contribution in [-0.4, -0.2) is 18.4 Å². The average Bonchev–Trinajstić information content (AvgIpc) is 2.28. The molecule has 0 spiro atoms. The molecule has 0 bridgehead atoms. The Morgan fingerprint density at radius 1 is 1.31 bits per heavy atom. The van der Waals surface area contributed by atoms with Gasteiger partial charge in [-0.25, -0.2) is 0 Å². The predicted octanol–water partition coefficient (Wildman–Crippen LogP) is 2.33. The third-order valence-electron chi connectivity index (χ3n) is 4.34. The van der Waals surface area contributed by atoms with Gasteiger partial charge >= 0.3 is 0 Å². The van der Waals surface area contributed by atoms with Gasteiger partial charge in [0.1, 0.15) is 11.9 Å². The number of carbonyl (C=O) groups excluding carboxylic acids is 2. The molecule has 4 atom stereocenters. The summed E-state index contributed by atoms with van der Waals surface area (Å²) in [6.07, 6.45) is 6.44. The lowest BCUT2D eigenvalue weighted by Gasteiger charge is -2.39. The third-order valence-corrected chi connectivity index (χ3v) is 4.34. The fourth-order valence-corrected chi connectivity index (χ4v) is 3.37. The maximum atomic E-state index is 12.0. The summed E-state index contributed by atoms with van der Waals surface area (Å²) in [6, 6.07) is 0. The van der Waals surface area contributed by atoms with Gasteiger partial charge in [0.15, 0.2) is 0 Å². The molecule has 3 heteroatoms. The minimum absolute atomic E-state index is 0.0513. The highest BCUT2D eigenvalue weighted by Gasteiger charge is 2.39. The predicted molar refractivity (Wildman–Crippen MR) is 59.8 cm³/mol. The van der Waals surface area contributed by atoms with E-state index in [0.29, 0.717) is 30.5 Å². The van der Waals surface area contributed by atoms with E-state index < -0.39 is 0 Å². The van der Waals surface area contributed by atoms with E-state index in [4.69, 9.17) is 4.74 Å². The minimum Gasteiger partial charge on any atom is -0.464 e. The number of ketones is 1. The summed E-state index contributed by atoms with van der Waals surface area (Å²) in [6.45, 7) is 2.30. The highest BCUT2D eigenvalue weighted by Crippen LogP contribution is 2.42. The molecule has 0 N–H and O–H groups in total. The number of ether oxygens (including phenoxy) is 1. The standard InChI is InChI=1S/C13H20O3/c1-9(16-8-14)12-6-10-4-2-3-5-11(10)7-13(12)15/h8-12H,2-7H2,1H3. The molecule has 2 saturated carbocycles. The fourth-order valence-electron chi connectivity index (χ4n) is 3.37. The number of hydrogen-bond donors (Lipinski definition) is 0. The molecule has 3 nitrogen and oxygen atoms in total. The molecule has 4 unspecified atom stereocenters. The molecule has 90 valence electrons. The van der Waals surface area contributed by atoms with E-state index in [-0.39, 0.29) is 12.0 Å². The van der Waals surface area contributed by atoms with Crippen molar-refractivity contribution in [2.45, 2.75) is 51.6 Å². The maximum absolute atomic E-state index is 12.0. The summed E-state index contributed by atoms with van der Waals surface area (Å²) in [5.41, 5.74) is 0. The third kappa shape index (κ3) is 2.28. The van der Waals surface area contributed by atoms with Crippen LogP contribution in [0.15, 0.2) is 0 Å². The van der Waals surface area contributed by atoms with Crippen LogP contribution in [0.25, 0.3) is 0 Å². The van der Waals surface area contributed by atoms with Crippen molar-refractivity contribution in [3.63, 3.8) is 0 Å². The zero-order valence-electron chi connectivity index (χ0n) is 9.85. The van der Waals surface area contributed by atoms with Crippen molar-refractivity contribution in [1.82, 2.24) is 0 Å². The zero-order chi connectivity index (χ0) is 11.5. The Bertz CT molecular complexity index is 274. The monoisotopic (exact) mass is 224 g/mol. The molecular weight excluding hydrogens is 204 g/mol. The lowest BCUT2D eigenvalue weighted by Crippen LogP contribution is -2.39. The van der Waals surface area contributed by atoms with Crippen LogP contribution in [0, 0.1) is 17.8 Å². The molecule has 0 aromatic rings. The first-order valence-electron chi connectivity index (χ1n) is 6.34. The van der Waals surface area contributed by atoms with Crippen LogP contribution >= 0.6 is 0 Å². The second kappa shape index (κ2) is 4.98. The Kier molecular flexibility index (Phi) is 3.62. The molecule has 16 heavy (non-hydrogen) atoms. The van der Waals surface area contributed by atoms with Crippen LogP contribution in [0.1, 0.15) is 45.4 Å². The summed E-state index contributed by atoms with van der Waals surface area (Å²) < 4.78 is 4.93. The molecule has 2 fully saturated rings. The van der Waals surface area contributed by atoms with E-state index >= 15 is 0 Å². The van der Waals surface area contributed by atoms with Gasteiger partial charge in [0, 0.05) is 6.42 Å². The van der Waals surface area contributed by atoms with Crippen LogP contribution in [0.2, 0.25) is 0 Å². The first-order chi connectivity index (χ1) is 7.72. The van der Waals surface area contributed by atoms with Crippen molar-refractivity contribution >= 4 is 12.3 Å². The zero-order valence-corrected chi connectivity index (χ0v) is 9.85. The molecule has 0 saturated heterocycles. The van der Waals surface area contributed by atoms with E-state index in [1.54, 1.807) is 0 Å². The molecule has 0 amide bonds. The van der Waals surface area contributed by atoms with E-state index in [0.717, 1.165) is 6.42 Å². The maximum Gasteiger partial charge on any atom is 0.293 e. The fraction of sp³-hybridized carbons (Fsp3) is 0.846. The van der Waals surface area contributed by atoms with Crippen molar-refractivity contribution < 1.29 is 14.3 Å². The Balaban J connectivity index is 2.00. The minimum atomic E-state index is -0.243. The van der Waals surface area contributed by atoms with Crippen molar-refractivity contribution in [3.8, 4) is 0 Å². The first-order valence-corrected chi connectivity index (χ1v) is 6.34. The molecular formula is C13H20O3. The summed E-state index contributed by atoms with van der Waals surface area (Å²) in [4.78, 5) is 22.3. The number of Topliss-reactive ketones (excluding diaryl/α,β-unsaturated/α-hetero) is 1. The molecule has 0 aromatic heterocycles. The summed E-state index contributed by atoms with van der Waals surface area (Å²) in [5, 5.41) is 0. The quantitative estimate of drug-likeness (QED) is 0.691. The van der Waals surface area contributed by atoms with E-state index in [9.17, 15) is 9.59 Å². The molecule has 0 aromatic carbocycles. The number of carbonyl (C=O) groups is 2. The Labute approximate surface area is 96.5 Å². The molecule has 0 heterocycles. The first kappa shape index (κ1) is 11.6. The number of hydrogen-bond acceptors (Lipinski definition) is 3. The van der Waals surface area contributed by atoms with Crippen molar-refractivity contribution in [2.75, 3.05) is 0 Å². The van der Waals surface area contributed by atoms with Gasteiger partial charge in [-0.1, -0.05) is 19.3 Å². The average molecular weight is 224 g/mol.